The number of hydrogen-bond acceptors (Lipinski definition) is 5. The van der Waals surface area contributed by atoms with Crippen LogP contribution in [0.25, 0.3) is 6.08 Å². The normalized spacial score (nSPS) is 15.4. The second kappa shape index (κ2) is 9.14. The molecule has 0 aromatic heterocycles. The molecule has 2 aromatic rings. The summed E-state index contributed by atoms with van der Waals surface area (Å²) in [7, 11) is 3.08. The Morgan fingerprint density at radius 3 is 2.76 bits per heavy atom. The smallest absolute Gasteiger partial charge is 0.265 e. The molecule has 0 saturated carbocycles. The number of carbonyl (C=O) groups is 2. The Labute approximate surface area is 169 Å². The molecule has 0 saturated heterocycles. The molecule has 7 heteroatoms. The zero-order valence-electron chi connectivity index (χ0n) is 16.7. The lowest BCUT2D eigenvalue weighted by molar-refractivity contribution is -0.128. The number of rotatable bonds is 6. The van der Waals surface area contributed by atoms with E-state index in [1.165, 1.54) is 11.9 Å². The van der Waals surface area contributed by atoms with Gasteiger partial charge in [-0.3, -0.25) is 9.59 Å². The number of nitrogens with one attached hydrogen (secondary N) is 1. The molecule has 1 unspecified atom stereocenters. The Morgan fingerprint density at radius 2 is 2.03 bits per heavy atom. The average molecular weight is 396 g/mol. The average Bonchev–Trinajstić information content (AvgIpc) is 2.76. The first-order valence-corrected chi connectivity index (χ1v) is 9.28. The topological polar surface area (TPSA) is 77.1 Å². The van der Waals surface area contributed by atoms with Gasteiger partial charge in [-0.1, -0.05) is 30.4 Å². The first kappa shape index (κ1) is 20.3. The SMILES string of the molecule is CC=Cc1ccc(OCC(=O)N2CC(C(=O)NC)Oc3ccccc32)c(OC)c1. The number of methoxy groups -OCH3 is 1. The molecular formula is C22H24N2O5. The van der Waals surface area contributed by atoms with Crippen LogP contribution in [-0.4, -0.2) is 45.2 Å². The van der Waals surface area contributed by atoms with Crippen LogP contribution in [0.1, 0.15) is 12.5 Å². The van der Waals surface area contributed by atoms with E-state index in [0.29, 0.717) is 22.9 Å². The van der Waals surface area contributed by atoms with Crippen molar-refractivity contribution in [1.82, 2.24) is 5.32 Å². The van der Waals surface area contributed by atoms with Crippen molar-refractivity contribution in [3.05, 3.63) is 54.1 Å². The van der Waals surface area contributed by atoms with E-state index in [0.717, 1.165) is 5.56 Å². The lowest BCUT2D eigenvalue weighted by Gasteiger charge is -2.33. The maximum absolute atomic E-state index is 12.9. The fraction of sp³-hybridized carbons (Fsp3) is 0.273. The van der Waals surface area contributed by atoms with Crippen LogP contribution < -0.4 is 24.4 Å². The van der Waals surface area contributed by atoms with Gasteiger partial charge in [0.1, 0.15) is 5.75 Å². The largest absolute Gasteiger partial charge is 0.493 e. The maximum Gasteiger partial charge on any atom is 0.265 e. The van der Waals surface area contributed by atoms with E-state index in [9.17, 15) is 9.59 Å². The summed E-state index contributed by atoms with van der Waals surface area (Å²) >= 11 is 0. The Kier molecular flexibility index (Phi) is 6.39. The van der Waals surface area contributed by atoms with Crippen molar-refractivity contribution in [2.24, 2.45) is 0 Å². The van der Waals surface area contributed by atoms with Gasteiger partial charge in [0, 0.05) is 7.05 Å². The van der Waals surface area contributed by atoms with Gasteiger partial charge in [0.05, 0.1) is 19.3 Å². The summed E-state index contributed by atoms with van der Waals surface area (Å²) in [6, 6.07) is 12.6. The third-order valence-corrected chi connectivity index (χ3v) is 4.51. The summed E-state index contributed by atoms with van der Waals surface area (Å²) in [5.41, 5.74) is 1.58. The third kappa shape index (κ3) is 4.51. The molecule has 0 fully saturated rings. The van der Waals surface area contributed by atoms with E-state index in [-0.39, 0.29) is 25.0 Å². The molecule has 1 aliphatic rings. The van der Waals surface area contributed by atoms with Crippen LogP contribution in [-0.2, 0) is 9.59 Å². The van der Waals surface area contributed by atoms with Gasteiger partial charge in [-0.15, -0.1) is 0 Å². The standard InChI is InChI=1S/C22H24N2O5/c1-4-7-15-10-11-18(19(12-15)27-3)28-14-21(25)24-13-20(22(26)23-2)29-17-9-6-5-8-16(17)24/h4-12,20H,13-14H2,1-3H3,(H,23,26). The maximum atomic E-state index is 12.9. The Balaban J connectivity index is 1.77. The first-order valence-electron chi connectivity index (χ1n) is 9.28. The zero-order chi connectivity index (χ0) is 20.8. The molecule has 1 aliphatic heterocycles. The summed E-state index contributed by atoms with van der Waals surface area (Å²) in [6.07, 6.45) is 3.09. The summed E-state index contributed by atoms with van der Waals surface area (Å²) in [4.78, 5) is 26.5. The summed E-state index contributed by atoms with van der Waals surface area (Å²) in [6.45, 7) is 1.84. The van der Waals surface area contributed by atoms with Crippen LogP contribution in [0.15, 0.2) is 48.5 Å². The number of fused-ring (bicyclic) bond motifs is 1. The molecule has 0 spiro atoms. The van der Waals surface area contributed by atoms with Crippen LogP contribution in [0.4, 0.5) is 5.69 Å². The Morgan fingerprint density at radius 1 is 1.24 bits per heavy atom. The molecule has 0 aliphatic carbocycles. The van der Waals surface area contributed by atoms with E-state index < -0.39 is 6.10 Å². The predicted molar refractivity (Wildman–Crippen MR) is 110 cm³/mol. The van der Waals surface area contributed by atoms with E-state index in [4.69, 9.17) is 14.2 Å². The van der Waals surface area contributed by atoms with Gasteiger partial charge in [-0.25, -0.2) is 0 Å². The highest BCUT2D eigenvalue weighted by Crippen LogP contribution is 2.34. The molecule has 152 valence electrons. The zero-order valence-corrected chi connectivity index (χ0v) is 16.7. The summed E-state index contributed by atoms with van der Waals surface area (Å²) in [5.74, 6) is 0.917. The minimum absolute atomic E-state index is 0.107. The lowest BCUT2D eigenvalue weighted by atomic mass is 10.1. The lowest BCUT2D eigenvalue weighted by Crippen LogP contribution is -2.51. The second-order valence-corrected chi connectivity index (χ2v) is 6.39. The van der Waals surface area contributed by atoms with Gasteiger partial charge < -0.3 is 24.4 Å². The van der Waals surface area contributed by atoms with Gasteiger partial charge in [-0.05, 0) is 36.8 Å². The minimum atomic E-state index is -0.784. The van der Waals surface area contributed by atoms with Gasteiger partial charge in [0.15, 0.2) is 24.2 Å². The minimum Gasteiger partial charge on any atom is -0.493 e. The fourth-order valence-electron chi connectivity index (χ4n) is 3.09. The predicted octanol–water partition coefficient (Wildman–Crippen LogP) is 2.65. The number of anilines is 1. The van der Waals surface area contributed by atoms with Crippen LogP contribution >= 0.6 is 0 Å². The van der Waals surface area contributed by atoms with Gasteiger partial charge in [-0.2, -0.15) is 0 Å². The summed E-state index contributed by atoms with van der Waals surface area (Å²) in [5, 5.41) is 2.56. The quantitative estimate of drug-likeness (QED) is 0.812. The number of ether oxygens (including phenoxy) is 3. The Bertz CT molecular complexity index is 925. The van der Waals surface area contributed by atoms with Crippen molar-refractivity contribution in [2.75, 3.05) is 32.2 Å². The van der Waals surface area contributed by atoms with E-state index in [1.807, 2.05) is 37.3 Å². The van der Waals surface area contributed by atoms with Gasteiger partial charge in [0.2, 0.25) is 0 Å². The van der Waals surface area contributed by atoms with E-state index in [1.54, 1.807) is 31.4 Å². The molecule has 29 heavy (non-hydrogen) atoms. The number of para-hydroxylation sites is 2. The number of carbonyl (C=O) groups excluding carboxylic acids is 2. The van der Waals surface area contributed by atoms with Crippen molar-refractivity contribution >= 4 is 23.6 Å². The summed E-state index contributed by atoms with van der Waals surface area (Å²) < 4.78 is 16.8. The second-order valence-electron chi connectivity index (χ2n) is 6.39. The highest BCUT2D eigenvalue weighted by atomic mass is 16.5. The molecule has 1 N–H and O–H groups in total. The molecule has 7 nitrogen and oxygen atoms in total. The van der Waals surface area contributed by atoms with Crippen molar-refractivity contribution in [3.8, 4) is 17.2 Å². The van der Waals surface area contributed by atoms with Crippen molar-refractivity contribution in [3.63, 3.8) is 0 Å². The highest BCUT2D eigenvalue weighted by Gasteiger charge is 2.33. The molecule has 1 atom stereocenters. The van der Waals surface area contributed by atoms with Crippen LogP contribution in [0.5, 0.6) is 17.2 Å². The molecule has 1 heterocycles. The first-order chi connectivity index (χ1) is 14.1. The van der Waals surface area contributed by atoms with Crippen molar-refractivity contribution < 1.29 is 23.8 Å². The number of hydrogen-bond donors (Lipinski definition) is 1. The van der Waals surface area contributed by atoms with Crippen LogP contribution in [0.3, 0.4) is 0 Å². The fourth-order valence-corrected chi connectivity index (χ4v) is 3.09. The third-order valence-electron chi connectivity index (χ3n) is 4.51. The molecule has 2 amide bonds. The molecular weight excluding hydrogens is 372 g/mol. The van der Waals surface area contributed by atoms with Crippen molar-refractivity contribution in [1.29, 1.82) is 0 Å². The van der Waals surface area contributed by atoms with E-state index in [2.05, 4.69) is 5.32 Å². The van der Waals surface area contributed by atoms with Crippen LogP contribution in [0.2, 0.25) is 0 Å². The molecule has 2 aromatic carbocycles. The van der Waals surface area contributed by atoms with Gasteiger partial charge in [0.25, 0.3) is 11.8 Å². The van der Waals surface area contributed by atoms with Gasteiger partial charge >= 0.3 is 0 Å². The van der Waals surface area contributed by atoms with E-state index >= 15 is 0 Å². The monoisotopic (exact) mass is 396 g/mol. The molecule has 0 radical (unpaired) electrons. The van der Waals surface area contributed by atoms with Crippen LogP contribution in [0, 0.1) is 0 Å². The number of allylic oxidation sites excluding steroid dienone is 1. The molecule has 3 rings (SSSR count). The number of nitrogens with zero attached hydrogens (tertiary/aromatic N) is 1. The number of benzene rings is 2. The highest BCUT2D eigenvalue weighted by molar-refractivity contribution is 5.98. The number of amides is 2. The molecule has 0 bridgehead atoms. The van der Waals surface area contributed by atoms with Crippen molar-refractivity contribution in [2.45, 2.75) is 13.0 Å². The number of likely N-dealkylation sites (N-methyl/N-ethyl adjacent to an activating group) is 1. The Hall–Kier alpha value is -3.48.